The van der Waals surface area contributed by atoms with Crippen molar-refractivity contribution in [3.05, 3.63) is 121 Å². The largest absolute Gasteiger partial charge is 0.457 e. The molecule has 0 saturated carbocycles. The zero-order valence-electron chi connectivity index (χ0n) is 18.0. The summed E-state index contributed by atoms with van der Waals surface area (Å²) in [7, 11) is 0. The first kappa shape index (κ1) is 21.0. The number of carbonyl (C=O) groups excluding carboxylic acids is 1. The average Bonchev–Trinajstić information content (AvgIpc) is 3.42. The van der Waals surface area contributed by atoms with Gasteiger partial charge in [0.05, 0.1) is 5.56 Å². The Balaban J connectivity index is 1.24. The van der Waals surface area contributed by atoms with Crippen LogP contribution in [0, 0.1) is 0 Å². The molecular formula is C27H20N4O3. The van der Waals surface area contributed by atoms with E-state index in [4.69, 9.17) is 9.47 Å². The molecule has 7 heteroatoms. The van der Waals surface area contributed by atoms with Gasteiger partial charge in [-0.15, -0.1) is 10.2 Å². The first-order chi connectivity index (χ1) is 16.7. The van der Waals surface area contributed by atoms with Gasteiger partial charge in [0.2, 0.25) is 5.88 Å². The molecule has 3 aromatic carbocycles. The lowest BCUT2D eigenvalue weighted by Crippen LogP contribution is -2.12. The standard InChI is InChI=1S/C27H20N4O3/c32-27(23-10-4-5-11-24(23)33-21-8-2-1-3-9-21)28-20-12-14-22(15-13-20)34-26-17-16-25(29-30-26)31-18-6-7-19-31/h1-19H,(H,28,32). The maximum Gasteiger partial charge on any atom is 0.259 e. The minimum Gasteiger partial charge on any atom is -0.457 e. The smallest absolute Gasteiger partial charge is 0.259 e. The number of nitrogens with one attached hydrogen (secondary N) is 1. The van der Waals surface area contributed by atoms with E-state index in [1.54, 1.807) is 48.5 Å². The predicted molar refractivity (Wildman–Crippen MR) is 129 cm³/mol. The van der Waals surface area contributed by atoms with E-state index in [-0.39, 0.29) is 5.91 Å². The lowest BCUT2D eigenvalue weighted by molar-refractivity contribution is 0.102. The first-order valence-electron chi connectivity index (χ1n) is 10.6. The van der Waals surface area contributed by atoms with Crippen LogP contribution in [0.1, 0.15) is 10.4 Å². The van der Waals surface area contributed by atoms with Crippen molar-refractivity contribution in [2.75, 3.05) is 5.32 Å². The van der Waals surface area contributed by atoms with Gasteiger partial charge in [0.15, 0.2) is 5.82 Å². The topological polar surface area (TPSA) is 78.3 Å². The Bertz CT molecular complexity index is 1370. The second kappa shape index (κ2) is 9.70. The highest BCUT2D eigenvalue weighted by atomic mass is 16.5. The molecule has 2 aromatic heterocycles. The zero-order valence-corrected chi connectivity index (χ0v) is 18.0. The van der Waals surface area contributed by atoms with Crippen molar-refractivity contribution >= 4 is 11.6 Å². The van der Waals surface area contributed by atoms with E-state index in [0.29, 0.717) is 40.2 Å². The summed E-state index contributed by atoms with van der Waals surface area (Å²) in [6.07, 6.45) is 3.79. The van der Waals surface area contributed by atoms with Gasteiger partial charge in [0.25, 0.3) is 5.91 Å². The van der Waals surface area contributed by atoms with E-state index in [0.717, 1.165) is 0 Å². The second-order valence-corrected chi connectivity index (χ2v) is 7.31. The van der Waals surface area contributed by atoms with E-state index in [2.05, 4.69) is 15.5 Å². The number of hydrogen-bond donors (Lipinski definition) is 1. The number of para-hydroxylation sites is 2. The molecule has 0 atom stereocenters. The van der Waals surface area contributed by atoms with E-state index in [1.807, 2.05) is 71.6 Å². The van der Waals surface area contributed by atoms with E-state index < -0.39 is 0 Å². The molecule has 0 aliphatic rings. The first-order valence-corrected chi connectivity index (χ1v) is 10.6. The van der Waals surface area contributed by atoms with Gasteiger partial charge in [-0.3, -0.25) is 4.79 Å². The molecule has 1 N–H and O–H groups in total. The second-order valence-electron chi connectivity index (χ2n) is 7.31. The van der Waals surface area contributed by atoms with Crippen LogP contribution in [-0.2, 0) is 0 Å². The molecule has 7 nitrogen and oxygen atoms in total. The third-order valence-corrected chi connectivity index (χ3v) is 4.93. The van der Waals surface area contributed by atoms with Gasteiger partial charge >= 0.3 is 0 Å². The number of carbonyl (C=O) groups is 1. The van der Waals surface area contributed by atoms with Gasteiger partial charge in [-0.05, 0) is 66.7 Å². The Morgan fingerprint density at radius 2 is 1.38 bits per heavy atom. The van der Waals surface area contributed by atoms with Crippen LogP contribution in [0.3, 0.4) is 0 Å². The SMILES string of the molecule is O=C(Nc1ccc(Oc2ccc(-n3cccc3)nn2)cc1)c1ccccc1Oc1ccccc1. The lowest BCUT2D eigenvalue weighted by atomic mass is 10.1. The Morgan fingerprint density at radius 3 is 2.12 bits per heavy atom. The molecule has 0 spiro atoms. The molecule has 0 bridgehead atoms. The van der Waals surface area contributed by atoms with Crippen molar-refractivity contribution in [3.63, 3.8) is 0 Å². The van der Waals surface area contributed by atoms with E-state index in [9.17, 15) is 4.79 Å². The maximum absolute atomic E-state index is 12.9. The van der Waals surface area contributed by atoms with Gasteiger partial charge in [-0.2, -0.15) is 0 Å². The lowest BCUT2D eigenvalue weighted by Gasteiger charge is -2.12. The molecule has 2 heterocycles. The average molecular weight is 448 g/mol. The third kappa shape index (κ3) is 4.94. The summed E-state index contributed by atoms with van der Waals surface area (Å²) in [5.74, 6) is 2.52. The molecule has 5 aromatic rings. The van der Waals surface area contributed by atoms with Crippen LogP contribution in [0.4, 0.5) is 5.69 Å². The number of amides is 1. The Hall–Kier alpha value is -4.91. The van der Waals surface area contributed by atoms with Crippen LogP contribution in [0.15, 0.2) is 116 Å². The quantitative estimate of drug-likeness (QED) is 0.325. The van der Waals surface area contributed by atoms with Crippen LogP contribution >= 0.6 is 0 Å². The summed E-state index contributed by atoms with van der Waals surface area (Å²) in [6, 6.07) is 30.9. The molecule has 0 aliphatic heterocycles. The number of nitrogens with zero attached hydrogens (tertiary/aromatic N) is 3. The van der Waals surface area contributed by atoms with Crippen LogP contribution in [-0.4, -0.2) is 20.7 Å². The van der Waals surface area contributed by atoms with Gasteiger partial charge in [0.1, 0.15) is 17.2 Å². The maximum atomic E-state index is 12.9. The molecule has 0 saturated heterocycles. The molecule has 166 valence electrons. The highest BCUT2D eigenvalue weighted by molar-refractivity contribution is 6.06. The van der Waals surface area contributed by atoms with Crippen LogP contribution in [0.5, 0.6) is 23.1 Å². The van der Waals surface area contributed by atoms with Gasteiger partial charge in [-0.25, -0.2) is 0 Å². The predicted octanol–water partition coefficient (Wildman–Crippen LogP) is 6.10. The van der Waals surface area contributed by atoms with Gasteiger partial charge < -0.3 is 19.4 Å². The van der Waals surface area contributed by atoms with Gasteiger partial charge in [-0.1, -0.05) is 30.3 Å². The van der Waals surface area contributed by atoms with Crippen molar-refractivity contribution in [2.45, 2.75) is 0 Å². The minimum atomic E-state index is -0.272. The fourth-order valence-electron chi connectivity index (χ4n) is 3.28. The molecule has 0 radical (unpaired) electrons. The summed E-state index contributed by atoms with van der Waals surface area (Å²) in [5, 5.41) is 11.2. The van der Waals surface area contributed by atoms with Crippen molar-refractivity contribution in [3.8, 4) is 28.9 Å². The Morgan fingerprint density at radius 1 is 0.676 bits per heavy atom. The normalized spacial score (nSPS) is 10.5. The number of ether oxygens (including phenoxy) is 2. The molecule has 1 amide bonds. The summed E-state index contributed by atoms with van der Waals surface area (Å²) in [6.45, 7) is 0. The van der Waals surface area contributed by atoms with Crippen LogP contribution in [0.2, 0.25) is 0 Å². The number of hydrogen-bond acceptors (Lipinski definition) is 5. The molecule has 0 aliphatic carbocycles. The third-order valence-electron chi connectivity index (χ3n) is 4.93. The van der Waals surface area contributed by atoms with E-state index >= 15 is 0 Å². The highest BCUT2D eigenvalue weighted by Gasteiger charge is 2.13. The van der Waals surface area contributed by atoms with Gasteiger partial charge in [0, 0.05) is 24.1 Å². The van der Waals surface area contributed by atoms with E-state index in [1.165, 1.54) is 0 Å². The van der Waals surface area contributed by atoms with Crippen molar-refractivity contribution in [1.29, 1.82) is 0 Å². The number of aromatic nitrogens is 3. The van der Waals surface area contributed by atoms with Crippen molar-refractivity contribution in [2.24, 2.45) is 0 Å². The number of rotatable bonds is 7. The highest BCUT2D eigenvalue weighted by Crippen LogP contribution is 2.27. The summed E-state index contributed by atoms with van der Waals surface area (Å²) in [5.41, 5.74) is 1.06. The number of anilines is 1. The van der Waals surface area contributed by atoms with Crippen molar-refractivity contribution in [1.82, 2.24) is 14.8 Å². The Labute approximate surface area is 196 Å². The molecule has 34 heavy (non-hydrogen) atoms. The van der Waals surface area contributed by atoms with Crippen LogP contribution in [0.25, 0.3) is 5.82 Å². The van der Waals surface area contributed by atoms with Crippen molar-refractivity contribution < 1.29 is 14.3 Å². The van der Waals surface area contributed by atoms with Crippen LogP contribution < -0.4 is 14.8 Å². The molecule has 5 rings (SSSR count). The minimum absolute atomic E-state index is 0.272. The fourth-order valence-corrected chi connectivity index (χ4v) is 3.28. The molecule has 0 unspecified atom stereocenters. The summed E-state index contributed by atoms with van der Waals surface area (Å²) >= 11 is 0. The molecule has 0 fully saturated rings. The monoisotopic (exact) mass is 448 g/mol. The zero-order chi connectivity index (χ0) is 23.2. The number of benzene rings is 3. The fraction of sp³-hybridized carbons (Fsp3) is 0. The Kier molecular flexibility index (Phi) is 5.98. The molecular weight excluding hydrogens is 428 g/mol. The summed E-state index contributed by atoms with van der Waals surface area (Å²) < 4.78 is 13.5. The summed E-state index contributed by atoms with van der Waals surface area (Å²) in [4.78, 5) is 12.9.